The van der Waals surface area contributed by atoms with Gasteiger partial charge in [-0.3, -0.25) is 9.59 Å². The van der Waals surface area contributed by atoms with E-state index >= 15 is 0 Å². The Hall–Kier alpha value is -4.41. The third-order valence-corrected chi connectivity index (χ3v) is 5.58. The lowest BCUT2D eigenvalue weighted by Gasteiger charge is -2.25. The molecule has 2 rings (SSSR count). The average Bonchev–Trinajstić information content (AvgIpc) is 2.93. The van der Waals surface area contributed by atoms with Crippen LogP contribution in [0, 0.1) is 23.2 Å². The van der Waals surface area contributed by atoms with E-state index in [9.17, 15) is 9.59 Å². The van der Waals surface area contributed by atoms with Gasteiger partial charge in [0.15, 0.2) is 0 Å². The van der Waals surface area contributed by atoms with Crippen LogP contribution in [-0.4, -0.2) is 77.9 Å². The number of anilines is 3. The van der Waals surface area contributed by atoms with Gasteiger partial charge in [-0.15, -0.1) is 0 Å². The molecule has 0 saturated carbocycles. The molecule has 10 nitrogen and oxygen atoms in total. The first-order valence-electron chi connectivity index (χ1n) is 13.5. The molecule has 0 aliphatic heterocycles. The van der Waals surface area contributed by atoms with E-state index in [-0.39, 0.29) is 24.4 Å². The Labute approximate surface area is 237 Å². The molecule has 0 fully saturated rings. The molecule has 0 atom stereocenters. The van der Waals surface area contributed by atoms with Crippen LogP contribution in [0.3, 0.4) is 0 Å². The van der Waals surface area contributed by atoms with Gasteiger partial charge < -0.3 is 25.8 Å². The molecule has 0 bridgehead atoms. The second-order valence-electron chi connectivity index (χ2n) is 9.68. The molecular weight excluding hydrogens is 504 g/mol. The molecule has 0 saturated heterocycles. The van der Waals surface area contributed by atoms with Crippen LogP contribution in [0.25, 0.3) is 0 Å². The van der Waals surface area contributed by atoms with Crippen LogP contribution in [0.4, 0.5) is 17.5 Å². The zero-order chi connectivity index (χ0) is 29.3. The zero-order valence-corrected chi connectivity index (χ0v) is 24.1. The first-order valence-corrected chi connectivity index (χ1v) is 13.5. The molecule has 0 unspecified atom stereocenters. The van der Waals surface area contributed by atoms with E-state index in [1.165, 1.54) is 6.08 Å². The number of amides is 2. The van der Waals surface area contributed by atoms with Gasteiger partial charge in [-0.2, -0.15) is 10.2 Å². The van der Waals surface area contributed by atoms with Gasteiger partial charge in [0.1, 0.15) is 12.4 Å². The zero-order valence-electron chi connectivity index (χ0n) is 24.1. The molecule has 2 amide bonds. The highest BCUT2D eigenvalue weighted by Gasteiger charge is 2.17. The smallest absolute Gasteiger partial charge is 0.246 e. The first-order chi connectivity index (χ1) is 19.2. The lowest BCUT2D eigenvalue weighted by Crippen LogP contribution is -2.43. The lowest BCUT2D eigenvalue weighted by atomic mass is 10.2. The Bertz CT molecular complexity index is 1240. The highest BCUT2D eigenvalue weighted by molar-refractivity contribution is 5.91. The maximum absolute atomic E-state index is 12.5. The monoisotopic (exact) mass is 544 g/mol. The highest BCUT2D eigenvalue weighted by Crippen LogP contribution is 2.18. The molecule has 1 aromatic heterocycles. The second kappa shape index (κ2) is 17.2. The maximum Gasteiger partial charge on any atom is 0.246 e. The molecule has 0 spiro atoms. The molecule has 1 aromatic carbocycles. The Kier molecular flexibility index (Phi) is 13.7. The minimum atomic E-state index is -0.194. The first kappa shape index (κ1) is 31.8. The summed E-state index contributed by atoms with van der Waals surface area (Å²) in [4.78, 5) is 37.4. The predicted octanol–water partition coefficient (Wildman–Crippen LogP) is 3.52. The van der Waals surface area contributed by atoms with Crippen molar-refractivity contribution in [3.8, 4) is 17.9 Å². The number of likely N-dealkylation sites (N-methyl/N-ethyl adjacent to an activating group) is 1. The van der Waals surface area contributed by atoms with Gasteiger partial charge in [-0.1, -0.05) is 24.8 Å². The number of carbonyl (C=O) groups excluding carboxylic acids is 2. The van der Waals surface area contributed by atoms with Gasteiger partial charge in [-0.25, -0.2) is 4.98 Å². The molecule has 3 N–H and O–H groups in total. The van der Waals surface area contributed by atoms with Gasteiger partial charge >= 0.3 is 0 Å². The molecular formula is C30H40N8O2. The molecule has 212 valence electrons. The minimum absolute atomic E-state index is 0.0150. The number of rotatable bonds is 14. The average molecular weight is 545 g/mol. The summed E-state index contributed by atoms with van der Waals surface area (Å²) in [6, 6.07) is 9.07. The number of nitrogens with one attached hydrogen (secondary N) is 3. The van der Waals surface area contributed by atoms with Crippen LogP contribution in [0.15, 0.2) is 42.6 Å². The summed E-state index contributed by atoms with van der Waals surface area (Å²) in [5, 5.41) is 18.3. The van der Waals surface area contributed by atoms with Crippen molar-refractivity contribution >= 4 is 29.3 Å². The number of nitrogens with zero attached hydrogens (tertiary/aromatic N) is 5. The molecule has 1 heterocycles. The lowest BCUT2D eigenvalue weighted by molar-refractivity contribution is -0.133. The number of carbonyl (C=O) groups is 2. The van der Waals surface area contributed by atoms with Crippen LogP contribution in [0.2, 0.25) is 0 Å². The summed E-state index contributed by atoms with van der Waals surface area (Å²) in [6.07, 6.45) is 7.18. The minimum Gasteiger partial charge on any atom is -0.369 e. The Morgan fingerprint density at radius 1 is 1.15 bits per heavy atom. The van der Waals surface area contributed by atoms with Gasteiger partial charge in [0, 0.05) is 43.9 Å². The van der Waals surface area contributed by atoms with E-state index in [1.807, 2.05) is 32.8 Å². The van der Waals surface area contributed by atoms with E-state index in [0.717, 1.165) is 18.7 Å². The molecule has 0 aliphatic carbocycles. The number of unbranched alkanes of at least 4 members (excludes halogenated alkanes) is 1. The van der Waals surface area contributed by atoms with Gasteiger partial charge in [0.05, 0.1) is 23.4 Å². The van der Waals surface area contributed by atoms with Crippen LogP contribution < -0.4 is 16.0 Å². The molecule has 0 radical (unpaired) electrons. The summed E-state index contributed by atoms with van der Waals surface area (Å²) in [5.41, 5.74) is 2.05. The summed E-state index contributed by atoms with van der Waals surface area (Å²) < 4.78 is 0. The van der Waals surface area contributed by atoms with Crippen molar-refractivity contribution in [3.05, 3.63) is 53.7 Å². The number of hydrogen-bond acceptors (Lipinski definition) is 8. The Morgan fingerprint density at radius 3 is 2.55 bits per heavy atom. The number of nitriles is 1. The van der Waals surface area contributed by atoms with Gasteiger partial charge in [0.25, 0.3) is 0 Å². The summed E-state index contributed by atoms with van der Waals surface area (Å²) in [5.74, 6) is 6.97. The Balaban J connectivity index is 1.89. The third kappa shape index (κ3) is 11.5. The normalized spacial score (nSPS) is 10.7. The second-order valence-corrected chi connectivity index (χ2v) is 9.68. The van der Waals surface area contributed by atoms with E-state index < -0.39 is 0 Å². The fraction of sp³-hybridized carbons (Fsp3) is 0.433. The van der Waals surface area contributed by atoms with Crippen molar-refractivity contribution in [3.63, 3.8) is 0 Å². The summed E-state index contributed by atoms with van der Waals surface area (Å²) >= 11 is 0. The van der Waals surface area contributed by atoms with Crippen molar-refractivity contribution in [2.75, 3.05) is 50.9 Å². The van der Waals surface area contributed by atoms with E-state index in [1.54, 1.807) is 41.4 Å². The van der Waals surface area contributed by atoms with Gasteiger partial charge in [-0.05, 0) is 65.0 Å². The molecule has 10 heteroatoms. The Morgan fingerprint density at radius 2 is 1.90 bits per heavy atom. The predicted molar refractivity (Wildman–Crippen MR) is 159 cm³/mol. The van der Waals surface area contributed by atoms with Crippen molar-refractivity contribution < 1.29 is 9.59 Å². The third-order valence-electron chi connectivity index (χ3n) is 5.58. The topological polar surface area (TPSA) is 126 Å². The highest BCUT2D eigenvalue weighted by atomic mass is 16.2. The van der Waals surface area contributed by atoms with E-state index in [0.29, 0.717) is 48.8 Å². The fourth-order valence-electron chi connectivity index (χ4n) is 3.42. The van der Waals surface area contributed by atoms with Crippen molar-refractivity contribution in [1.29, 1.82) is 5.26 Å². The van der Waals surface area contributed by atoms with E-state index in [2.05, 4.69) is 50.8 Å². The quantitative estimate of drug-likeness (QED) is 0.187. The fourth-order valence-corrected chi connectivity index (χ4v) is 3.42. The largest absolute Gasteiger partial charge is 0.369 e. The molecule has 0 aliphatic rings. The summed E-state index contributed by atoms with van der Waals surface area (Å²) in [6.45, 7) is 7.74. The van der Waals surface area contributed by atoms with Crippen molar-refractivity contribution in [1.82, 2.24) is 25.1 Å². The van der Waals surface area contributed by atoms with Crippen LogP contribution in [0.5, 0.6) is 0 Å². The van der Waals surface area contributed by atoms with Gasteiger partial charge in [0.2, 0.25) is 17.8 Å². The van der Waals surface area contributed by atoms with Crippen molar-refractivity contribution in [2.24, 2.45) is 0 Å². The number of hydrogen-bond donors (Lipinski definition) is 3. The van der Waals surface area contributed by atoms with Crippen LogP contribution in [-0.2, 0) is 9.59 Å². The van der Waals surface area contributed by atoms with Crippen molar-refractivity contribution in [2.45, 2.75) is 46.1 Å². The maximum atomic E-state index is 12.5. The molecule has 2 aromatic rings. The van der Waals surface area contributed by atoms with Crippen LogP contribution >= 0.6 is 0 Å². The molecule has 40 heavy (non-hydrogen) atoms. The standard InChI is InChI=1S/C30H40N8O2/c1-6-17-33-29-25(21-34-30(36-29)35-26-15-13-24(20-31)14-16-26)11-8-7-9-18-32-27(39)22-38(23(2)3)28(40)12-10-19-37(4)5/h10,12-16,21,23H,6-7,9,17-19,22H2,1-5H3,(H,32,39)(H2,33,34,35,36)/b12-10+. The number of benzene rings is 1. The number of aromatic nitrogens is 2. The SMILES string of the molecule is CCCNc1nc(Nc2ccc(C#N)cc2)ncc1C#CCCCNC(=O)CN(C(=O)/C=C/CN(C)C)C(C)C. The van der Waals surface area contributed by atoms with Crippen LogP contribution in [0.1, 0.15) is 51.2 Å². The van der Waals surface area contributed by atoms with E-state index in [4.69, 9.17) is 5.26 Å². The summed E-state index contributed by atoms with van der Waals surface area (Å²) in [7, 11) is 3.86.